The van der Waals surface area contributed by atoms with Crippen LogP contribution < -0.4 is 5.32 Å². The topological polar surface area (TPSA) is 54.9 Å². The molecule has 0 fully saturated rings. The standard InChI is InChI=1S/C13H13Cl2N3OS/c1-8-16-12(15)6-13(17-8)18-10-3-4-11(14)9(5-10)7-20(2)19/h3-6H,7H2,1-2H3,(H,16,17,18). The second-order valence-corrected chi connectivity index (χ2v) is 6.50. The molecule has 7 heteroatoms. The molecule has 0 saturated heterocycles. The highest BCUT2D eigenvalue weighted by Gasteiger charge is 2.06. The Hall–Kier alpha value is -1.17. The number of rotatable bonds is 4. The van der Waals surface area contributed by atoms with Gasteiger partial charge in [0.2, 0.25) is 0 Å². The summed E-state index contributed by atoms with van der Waals surface area (Å²) in [5.41, 5.74) is 1.64. The van der Waals surface area contributed by atoms with Gasteiger partial charge in [-0.05, 0) is 30.7 Å². The van der Waals surface area contributed by atoms with E-state index in [0.717, 1.165) is 11.3 Å². The molecule has 0 bridgehead atoms. The number of halogens is 2. The maximum Gasteiger partial charge on any atom is 0.135 e. The Labute approximate surface area is 130 Å². The van der Waals surface area contributed by atoms with E-state index in [2.05, 4.69) is 15.3 Å². The molecule has 1 atom stereocenters. The molecule has 0 radical (unpaired) electrons. The van der Waals surface area contributed by atoms with Crippen LogP contribution in [-0.2, 0) is 16.6 Å². The number of benzene rings is 1. The van der Waals surface area contributed by atoms with Crippen LogP contribution >= 0.6 is 23.2 Å². The summed E-state index contributed by atoms with van der Waals surface area (Å²) in [6.45, 7) is 1.77. The molecule has 1 unspecified atom stereocenters. The van der Waals surface area contributed by atoms with E-state index in [9.17, 15) is 4.21 Å². The predicted octanol–water partition coefficient (Wildman–Crippen LogP) is 3.71. The lowest BCUT2D eigenvalue weighted by Gasteiger charge is -2.09. The van der Waals surface area contributed by atoms with Crippen LogP contribution in [0.4, 0.5) is 11.5 Å². The number of aromatic nitrogens is 2. The molecular formula is C13H13Cl2N3OS. The molecule has 106 valence electrons. The first kappa shape index (κ1) is 15.2. The van der Waals surface area contributed by atoms with Crippen LogP contribution in [0.15, 0.2) is 24.3 Å². The van der Waals surface area contributed by atoms with Gasteiger partial charge in [0.15, 0.2) is 0 Å². The third-order valence-corrected chi connectivity index (χ3v) is 3.76. The number of nitrogens with zero attached hydrogens (tertiary/aromatic N) is 2. The Morgan fingerprint density at radius 3 is 2.65 bits per heavy atom. The summed E-state index contributed by atoms with van der Waals surface area (Å²) in [5, 5.41) is 4.11. The smallest absolute Gasteiger partial charge is 0.135 e. The SMILES string of the molecule is Cc1nc(Cl)cc(Nc2ccc(Cl)c(CS(C)=O)c2)n1. The van der Waals surface area contributed by atoms with Crippen LogP contribution in [-0.4, -0.2) is 20.4 Å². The predicted molar refractivity (Wildman–Crippen MR) is 84.3 cm³/mol. The van der Waals surface area contributed by atoms with Crippen LogP contribution in [0.2, 0.25) is 10.2 Å². The van der Waals surface area contributed by atoms with E-state index in [4.69, 9.17) is 23.2 Å². The molecule has 0 spiro atoms. The normalized spacial score (nSPS) is 12.2. The minimum absolute atomic E-state index is 0.379. The van der Waals surface area contributed by atoms with Gasteiger partial charge in [-0.15, -0.1) is 0 Å². The molecule has 1 aromatic carbocycles. The second-order valence-electron chi connectivity index (χ2n) is 4.27. The van der Waals surface area contributed by atoms with Crippen molar-refractivity contribution in [1.82, 2.24) is 9.97 Å². The van der Waals surface area contributed by atoms with Crippen molar-refractivity contribution in [2.24, 2.45) is 0 Å². The summed E-state index contributed by atoms with van der Waals surface area (Å²) in [7, 11) is -0.948. The van der Waals surface area contributed by atoms with Crippen molar-refractivity contribution in [3.05, 3.63) is 45.8 Å². The summed E-state index contributed by atoms with van der Waals surface area (Å²) in [4.78, 5) is 8.24. The number of hydrogen-bond donors (Lipinski definition) is 1. The number of hydrogen-bond acceptors (Lipinski definition) is 4. The van der Waals surface area contributed by atoms with Gasteiger partial charge in [-0.2, -0.15) is 0 Å². The molecule has 0 aliphatic rings. The lowest BCUT2D eigenvalue weighted by molar-refractivity contribution is 0.686. The van der Waals surface area contributed by atoms with E-state index >= 15 is 0 Å². The molecule has 1 aromatic heterocycles. The monoisotopic (exact) mass is 329 g/mol. The summed E-state index contributed by atoms with van der Waals surface area (Å²) >= 11 is 12.0. The zero-order valence-corrected chi connectivity index (χ0v) is 13.3. The first-order valence-corrected chi connectivity index (χ1v) is 8.29. The maximum atomic E-state index is 11.3. The van der Waals surface area contributed by atoms with Gasteiger partial charge < -0.3 is 5.32 Å². The van der Waals surface area contributed by atoms with Gasteiger partial charge in [-0.1, -0.05) is 23.2 Å². The van der Waals surface area contributed by atoms with E-state index in [-0.39, 0.29) is 0 Å². The van der Waals surface area contributed by atoms with Gasteiger partial charge in [0, 0.05) is 39.6 Å². The molecule has 2 rings (SSSR count). The number of nitrogens with one attached hydrogen (secondary N) is 1. The Bertz CT molecular complexity index is 644. The van der Waals surface area contributed by atoms with E-state index in [1.165, 1.54) is 0 Å². The van der Waals surface area contributed by atoms with E-state index < -0.39 is 10.8 Å². The van der Waals surface area contributed by atoms with Gasteiger partial charge in [0.25, 0.3) is 0 Å². The molecular weight excluding hydrogens is 317 g/mol. The van der Waals surface area contributed by atoms with Crippen LogP contribution in [0.25, 0.3) is 0 Å². The molecule has 1 N–H and O–H groups in total. The summed E-state index contributed by atoms with van der Waals surface area (Å²) < 4.78 is 11.3. The van der Waals surface area contributed by atoms with Gasteiger partial charge in [0.1, 0.15) is 16.8 Å². The zero-order valence-electron chi connectivity index (χ0n) is 11.0. The Morgan fingerprint density at radius 2 is 2.00 bits per heavy atom. The molecule has 0 amide bonds. The molecule has 2 aromatic rings. The fourth-order valence-corrected chi connectivity index (χ4v) is 2.89. The molecule has 0 aliphatic carbocycles. The molecule has 20 heavy (non-hydrogen) atoms. The Balaban J connectivity index is 2.27. The summed E-state index contributed by atoms with van der Waals surface area (Å²) in [6.07, 6.45) is 1.64. The first-order chi connectivity index (χ1) is 9.44. The largest absolute Gasteiger partial charge is 0.340 e. The quantitative estimate of drug-likeness (QED) is 0.868. The highest BCUT2D eigenvalue weighted by atomic mass is 35.5. The maximum absolute atomic E-state index is 11.3. The van der Waals surface area contributed by atoms with Gasteiger partial charge in [-0.25, -0.2) is 9.97 Å². The number of anilines is 2. The minimum atomic E-state index is -0.948. The van der Waals surface area contributed by atoms with Crippen molar-refractivity contribution in [3.63, 3.8) is 0 Å². The number of aryl methyl sites for hydroxylation is 1. The van der Waals surface area contributed by atoms with Crippen molar-refractivity contribution < 1.29 is 4.21 Å². The summed E-state index contributed by atoms with van der Waals surface area (Å²) in [5.74, 6) is 1.61. The van der Waals surface area contributed by atoms with Crippen molar-refractivity contribution in [3.8, 4) is 0 Å². The lowest BCUT2D eigenvalue weighted by atomic mass is 10.2. The molecule has 0 aliphatic heterocycles. The van der Waals surface area contributed by atoms with Crippen molar-refractivity contribution in [2.45, 2.75) is 12.7 Å². The van der Waals surface area contributed by atoms with Crippen molar-refractivity contribution >= 4 is 45.5 Å². The minimum Gasteiger partial charge on any atom is -0.340 e. The van der Waals surface area contributed by atoms with Crippen LogP contribution in [0, 0.1) is 6.92 Å². The highest BCUT2D eigenvalue weighted by Crippen LogP contribution is 2.24. The molecule has 0 saturated carbocycles. The third kappa shape index (κ3) is 4.16. The average Bonchev–Trinajstić information content (AvgIpc) is 2.31. The van der Waals surface area contributed by atoms with Gasteiger partial charge >= 0.3 is 0 Å². The summed E-state index contributed by atoms with van der Waals surface area (Å²) in [6, 6.07) is 7.09. The lowest BCUT2D eigenvalue weighted by Crippen LogP contribution is -1.99. The van der Waals surface area contributed by atoms with Crippen molar-refractivity contribution in [1.29, 1.82) is 0 Å². The van der Waals surface area contributed by atoms with Crippen LogP contribution in [0.1, 0.15) is 11.4 Å². The van der Waals surface area contributed by atoms with E-state index in [1.807, 2.05) is 12.1 Å². The molecule has 1 heterocycles. The van der Waals surface area contributed by atoms with Gasteiger partial charge in [0.05, 0.1) is 0 Å². The fourth-order valence-electron chi connectivity index (χ4n) is 1.73. The van der Waals surface area contributed by atoms with E-state index in [0.29, 0.717) is 27.6 Å². The Kier molecular flexibility index (Phi) is 4.96. The van der Waals surface area contributed by atoms with Crippen LogP contribution in [0.3, 0.4) is 0 Å². The van der Waals surface area contributed by atoms with E-state index in [1.54, 1.807) is 25.3 Å². The first-order valence-electron chi connectivity index (χ1n) is 5.80. The van der Waals surface area contributed by atoms with Crippen LogP contribution in [0.5, 0.6) is 0 Å². The third-order valence-electron chi connectivity index (χ3n) is 2.48. The van der Waals surface area contributed by atoms with Gasteiger partial charge in [-0.3, -0.25) is 4.21 Å². The average molecular weight is 330 g/mol. The fraction of sp³-hybridized carbons (Fsp3) is 0.231. The zero-order chi connectivity index (χ0) is 14.7. The highest BCUT2D eigenvalue weighted by molar-refractivity contribution is 7.83. The second kappa shape index (κ2) is 6.52. The van der Waals surface area contributed by atoms with Crippen molar-refractivity contribution in [2.75, 3.05) is 11.6 Å². The Morgan fingerprint density at radius 1 is 1.25 bits per heavy atom. The molecule has 4 nitrogen and oxygen atoms in total.